The number of para-hydroxylation sites is 1. The molecule has 1 aliphatic heterocycles. The zero-order valence-electron chi connectivity index (χ0n) is 12.8. The fourth-order valence-corrected chi connectivity index (χ4v) is 2.78. The maximum atomic E-state index is 4.47. The van der Waals surface area contributed by atoms with Crippen LogP contribution in [0.25, 0.3) is 0 Å². The Balaban J connectivity index is 1.84. The third kappa shape index (κ3) is 2.84. The predicted molar refractivity (Wildman–Crippen MR) is 87.4 cm³/mol. The largest absolute Gasteiger partial charge is 0.360 e. The molecule has 0 saturated heterocycles. The van der Waals surface area contributed by atoms with Crippen LogP contribution in [0.5, 0.6) is 0 Å². The highest BCUT2D eigenvalue weighted by Crippen LogP contribution is 2.33. The maximum Gasteiger partial charge on any atom is 0.138 e. The lowest BCUT2D eigenvalue weighted by Gasteiger charge is -2.22. The van der Waals surface area contributed by atoms with Gasteiger partial charge in [-0.05, 0) is 24.5 Å². The Morgan fingerprint density at radius 3 is 2.95 bits per heavy atom. The monoisotopic (exact) mass is 282 g/mol. The summed E-state index contributed by atoms with van der Waals surface area (Å²) in [5.74, 6) is 1.99. The molecular formula is C17H22N4. The first kappa shape index (κ1) is 13.9. The summed E-state index contributed by atoms with van der Waals surface area (Å²) in [7, 11) is 2.10. The van der Waals surface area contributed by atoms with Gasteiger partial charge in [0, 0.05) is 31.9 Å². The maximum absolute atomic E-state index is 4.47. The average molecular weight is 282 g/mol. The first-order valence-electron chi connectivity index (χ1n) is 7.68. The van der Waals surface area contributed by atoms with E-state index < -0.39 is 0 Å². The zero-order chi connectivity index (χ0) is 14.7. The van der Waals surface area contributed by atoms with Crippen molar-refractivity contribution in [2.75, 3.05) is 29.9 Å². The van der Waals surface area contributed by atoms with E-state index in [-0.39, 0.29) is 0 Å². The second-order valence-corrected chi connectivity index (χ2v) is 5.54. The molecule has 2 aromatic rings. The van der Waals surface area contributed by atoms with Crippen molar-refractivity contribution < 1.29 is 0 Å². The Bertz CT molecular complexity index is 611. The molecule has 3 rings (SSSR count). The van der Waals surface area contributed by atoms with Crippen molar-refractivity contribution in [3.63, 3.8) is 0 Å². The molecule has 0 fully saturated rings. The minimum Gasteiger partial charge on any atom is -0.360 e. The molecule has 0 N–H and O–H groups in total. The molecule has 0 bridgehead atoms. The highest BCUT2D eigenvalue weighted by Gasteiger charge is 2.21. The van der Waals surface area contributed by atoms with Crippen LogP contribution in [0.15, 0.2) is 36.7 Å². The van der Waals surface area contributed by atoms with Gasteiger partial charge in [0.05, 0.1) is 0 Å². The van der Waals surface area contributed by atoms with Gasteiger partial charge >= 0.3 is 0 Å². The summed E-state index contributed by atoms with van der Waals surface area (Å²) in [6.45, 7) is 4.23. The van der Waals surface area contributed by atoms with Crippen molar-refractivity contribution in [3.8, 4) is 0 Å². The van der Waals surface area contributed by atoms with E-state index in [4.69, 9.17) is 0 Å². The Kier molecular flexibility index (Phi) is 4.04. The number of benzene rings is 1. The standard InChI is InChI=1S/C17H22N4/c1-3-4-10-20(2)16-12-17(19-13-18-16)21-11-9-14-7-5-6-8-15(14)21/h5-8,12-13H,3-4,9-11H2,1-2H3. The van der Waals surface area contributed by atoms with Gasteiger partial charge in [0.1, 0.15) is 18.0 Å². The van der Waals surface area contributed by atoms with Crippen molar-refractivity contribution in [1.29, 1.82) is 0 Å². The normalized spacial score (nSPS) is 13.3. The van der Waals surface area contributed by atoms with E-state index in [9.17, 15) is 0 Å². The molecule has 110 valence electrons. The third-order valence-corrected chi connectivity index (χ3v) is 4.04. The number of fused-ring (bicyclic) bond motifs is 1. The molecule has 0 atom stereocenters. The first-order valence-corrected chi connectivity index (χ1v) is 7.68. The van der Waals surface area contributed by atoms with E-state index in [1.807, 2.05) is 0 Å². The predicted octanol–water partition coefficient (Wildman–Crippen LogP) is 3.41. The number of unbranched alkanes of at least 4 members (excludes halogenated alkanes) is 1. The van der Waals surface area contributed by atoms with Crippen LogP contribution in [0.3, 0.4) is 0 Å². The molecular weight excluding hydrogens is 260 g/mol. The summed E-state index contributed by atoms with van der Waals surface area (Å²) < 4.78 is 0. The molecule has 0 saturated carbocycles. The minimum absolute atomic E-state index is 0.994. The Morgan fingerprint density at radius 1 is 1.24 bits per heavy atom. The summed E-state index contributed by atoms with van der Waals surface area (Å²) in [6, 6.07) is 10.7. The average Bonchev–Trinajstić information content (AvgIpc) is 2.97. The minimum atomic E-state index is 0.994. The van der Waals surface area contributed by atoms with Gasteiger partial charge in [-0.2, -0.15) is 0 Å². The van der Waals surface area contributed by atoms with E-state index in [1.165, 1.54) is 24.1 Å². The van der Waals surface area contributed by atoms with Crippen LogP contribution in [0.2, 0.25) is 0 Å². The van der Waals surface area contributed by atoms with E-state index in [2.05, 4.69) is 64.1 Å². The van der Waals surface area contributed by atoms with Gasteiger partial charge in [0.25, 0.3) is 0 Å². The fraction of sp³-hybridized carbons (Fsp3) is 0.412. The molecule has 2 heterocycles. The molecule has 0 amide bonds. The number of nitrogens with zero attached hydrogens (tertiary/aromatic N) is 4. The lowest BCUT2D eigenvalue weighted by Crippen LogP contribution is -2.21. The van der Waals surface area contributed by atoms with Gasteiger partial charge in [0.2, 0.25) is 0 Å². The van der Waals surface area contributed by atoms with Crippen molar-refractivity contribution in [2.24, 2.45) is 0 Å². The third-order valence-electron chi connectivity index (χ3n) is 4.04. The Labute approximate surface area is 126 Å². The van der Waals surface area contributed by atoms with Crippen molar-refractivity contribution in [1.82, 2.24) is 9.97 Å². The van der Waals surface area contributed by atoms with Crippen LogP contribution in [0.4, 0.5) is 17.3 Å². The molecule has 4 heteroatoms. The SMILES string of the molecule is CCCCN(C)c1cc(N2CCc3ccccc32)ncn1. The summed E-state index contributed by atoms with van der Waals surface area (Å²) in [4.78, 5) is 13.4. The highest BCUT2D eigenvalue weighted by atomic mass is 15.2. The smallest absolute Gasteiger partial charge is 0.138 e. The molecule has 1 aromatic heterocycles. The number of aromatic nitrogens is 2. The number of hydrogen-bond donors (Lipinski definition) is 0. The van der Waals surface area contributed by atoms with Crippen molar-refractivity contribution in [2.45, 2.75) is 26.2 Å². The molecule has 4 nitrogen and oxygen atoms in total. The van der Waals surface area contributed by atoms with Crippen molar-refractivity contribution in [3.05, 3.63) is 42.2 Å². The second-order valence-electron chi connectivity index (χ2n) is 5.54. The lowest BCUT2D eigenvalue weighted by molar-refractivity contribution is 0.758. The van der Waals surface area contributed by atoms with Crippen LogP contribution in [-0.4, -0.2) is 30.1 Å². The second kappa shape index (κ2) is 6.12. The Hall–Kier alpha value is -2.10. The van der Waals surface area contributed by atoms with Crippen LogP contribution in [-0.2, 0) is 6.42 Å². The van der Waals surface area contributed by atoms with E-state index >= 15 is 0 Å². The van der Waals surface area contributed by atoms with Gasteiger partial charge < -0.3 is 9.80 Å². The van der Waals surface area contributed by atoms with Gasteiger partial charge in [-0.1, -0.05) is 31.5 Å². The van der Waals surface area contributed by atoms with E-state index in [0.29, 0.717) is 0 Å². The zero-order valence-corrected chi connectivity index (χ0v) is 12.8. The van der Waals surface area contributed by atoms with Crippen LogP contribution in [0, 0.1) is 0 Å². The summed E-state index contributed by atoms with van der Waals surface area (Å²) in [5.41, 5.74) is 2.68. The molecule has 0 radical (unpaired) electrons. The topological polar surface area (TPSA) is 32.3 Å². The molecule has 1 aliphatic rings. The molecule has 0 aliphatic carbocycles. The molecule has 0 unspecified atom stereocenters. The Morgan fingerprint density at radius 2 is 2.10 bits per heavy atom. The molecule has 21 heavy (non-hydrogen) atoms. The molecule has 0 spiro atoms. The van der Waals surface area contributed by atoms with Gasteiger partial charge in [-0.25, -0.2) is 9.97 Å². The number of anilines is 3. The van der Waals surface area contributed by atoms with Crippen LogP contribution in [0.1, 0.15) is 25.3 Å². The van der Waals surface area contributed by atoms with E-state index in [0.717, 1.165) is 31.1 Å². The quantitative estimate of drug-likeness (QED) is 0.841. The fourth-order valence-electron chi connectivity index (χ4n) is 2.78. The number of rotatable bonds is 5. The molecule has 1 aromatic carbocycles. The van der Waals surface area contributed by atoms with Crippen LogP contribution < -0.4 is 9.80 Å². The van der Waals surface area contributed by atoms with Crippen LogP contribution >= 0.6 is 0 Å². The summed E-state index contributed by atoms with van der Waals surface area (Å²) >= 11 is 0. The van der Waals surface area contributed by atoms with Gasteiger partial charge in [-0.15, -0.1) is 0 Å². The lowest BCUT2D eigenvalue weighted by atomic mass is 10.2. The summed E-state index contributed by atoms with van der Waals surface area (Å²) in [6.07, 6.45) is 5.14. The highest BCUT2D eigenvalue weighted by molar-refractivity contribution is 5.68. The van der Waals surface area contributed by atoms with E-state index in [1.54, 1.807) is 6.33 Å². The first-order chi connectivity index (χ1) is 10.3. The number of hydrogen-bond acceptors (Lipinski definition) is 4. The van der Waals surface area contributed by atoms with Gasteiger partial charge in [0.15, 0.2) is 0 Å². The summed E-state index contributed by atoms with van der Waals surface area (Å²) in [5, 5.41) is 0. The van der Waals surface area contributed by atoms with Crippen molar-refractivity contribution >= 4 is 17.3 Å². The van der Waals surface area contributed by atoms with Gasteiger partial charge in [-0.3, -0.25) is 0 Å².